The number of rotatable bonds is 5. The maximum absolute atomic E-state index is 12.2. The highest BCUT2D eigenvalue weighted by Gasteiger charge is 2.26. The molecule has 1 aliphatic carbocycles. The summed E-state index contributed by atoms with van der Waals surface area (Å²) in [5.41, 5.74) is 1.01. The minimum atomic E-state index is 0.106. The molecule has 0 saturated carbocycles. The van der Waals surface area contributed by atoms with Crippen LogP contribution in [0.3, 0.4) is 0 Å². The summed E-state index contributed by atoms with van der Waals surface area (Å²) in [6.45, 7) is 3.84. The molecule has 1 atom stereocenters. The average molecular weight is 301 g/mol. The van der Waals surface area contributed by atoms with Crippen molar-refractivity contribution in [3.05, 3.63) is 42.2 Å². The van der Waals surface area contributed by atoms with Crippen LogP contribution in [-0.2, 0) is 9.53 Å². The summed E-state index contributed by atoms with van der Waals surface area (Å²) >= 11 is 0. The van der Waals surface area contributed by atoms with Crippen LogP contribution in [0.5, 0.6) is 0 Å². The molecule has 0 radical (unpaired) electrons. The first-order valence-corrected chi connectivity index (χ1v) is 8.00. The van der Waals surface area contributed by atoms with E-state index in [-0.39, 0.29) is 17.9 Å². The number of hydrogen-bond donors (Lipinski definition) is 1. The number of allylic oxidation sites excluding steroid dienone is 2. The molecule has 5 nitrogen and oxygen atoms in total. The van der Waals surface area contributed by atoms with Gasteiger partial charge >= 0.3 is 0 Å². The molecule has 0 bridgehead atoms. The maximum Gasteiger partial charge on any atom is 0.223 e. The van der Waals surface area contributed by atoms with E-state index in [1.807, 2.05) is 24.4 Å². The van der Waals surface area contributed by atoms with Crippen molar-refractivity contribution >= 4 is 5.91 Å². The summed E-state index contributed by atoms with van der Waals surface area (Å²) in [5.74, 6) is 0.258. The van der Waals surface area contributed by atoms with E-state index in [2.05, 4.69) is 27.4 Å². The fourth-order valence-corrected chi connectivity index (χ4v) is 3.06. The van der Waals surface area contributed by atoms with E-state index >= 15 is 0 Å². The summed E-state index contributed by atoms with van der Waals surface area (Å²) < 4.78 is 5.43. The number of ether oxygens (including phenoxy) is 1. The lowest BCUT2D eigenvalue weighted by atomic mass is 10.1. The highest BCUT2D eigenvalue weighted by Crippen LogP contribution is 2.21. The van der Waals surface area contributed by atoms with Crippen LogP contribution in [0.25, 0.3) is 0 Å². The van der Waals surface area contributed by atoms with Gasteiger partial charge in [-0.2, -0.15) is 0 Å². The van der Waals surface area contributed by atoms with Gasteiger partial charge in [0.1, 0.15) is 0 Å². The van der Waals surface area contributed by atoms with Gasteiger partial charge in [-0.25, -0.2) is 0 Å². The van der Waals surface area contributed by atoms with Gasteiger partial charge in [-0.05, 0) is 25.0 Å². The molecule has 2 aliphatic rings. The number of amides is 1. The van der Waals surface area contributed by atoms with E-state index < -0.39 is 0 Å². The van der Waals surface area contributed by atoms with Gasteiger partial charge < -0.3 is 10.1 Å². The van der Waals surface area contributed by atoms with Crippen molar-refractivity contribution in [3.8, 4) is 0 Å². The van der Waals surface area contributed by atoms with Crippen molar-refractivity contribution in [1.82, 2.24) is 15.2 Å². The van der Waals surface area contributed by atoms with Crippen LogP contribution in [-0.4, -0.2) is 48.6 Å². The highest BCUT2D eigenvalue weighted by atomic mass is 16.5. The van der Waals surface area contributed by atoms with E-state index in [0.29, 0.717) is 6.54 Å². The first-order chi connectivity index (χ1) is 10.8. The summed E-state index contributed by atoms with van der Waals surface area (Å²) in [6.07, 6.45) is 7.70. The molecule has 1 N–H and O–H groups in total. The quantitative estimate of drug-likeness (QED) is 0.838. The van der Waals surface area contributed by atoms with E-state index in [4.69, 9.17) is 4.74 Å². The van der Waals surface area contributed by atoms with Crippen LogP contribution in [0.15, 0.2) is 36.5 Å². The minimum absolute atomic E-state index is 0.106. The molecule has 0 aromatic carbocycles. The Morgan fingerprint density at radius 1 is 1.32 bits per heavy atom. The lowest BCUT2D eigenvalue weighted by molar-refractivity contribution is -0.125. The molecule has 0 spiro atoms. The third-order valence-corrected chi connectivity index (χ3v) is 4.36. The van der Waals surface area contributed by atoms with Gasteiger partial charge in [0, 0.05) is 31.7 Å². The second-order valence-corrected chi connectivity index (χ2v) is 5.80. The molecule has 118 valence electrons. The number of morpholine rings is 1. The zero-order valence-electron chi connectivity index (χ0n) is 12.8. The zero-order valence-corrected chi connectivity index (χ0v) is 12.8. The highest BCUT2D eigenvalue weighted by molar-refractivity contribution is 5.79. The van der Waals surface area contributed by atoms with Crippen LogP contribution >= 0.6 is 0 Å². The molecule has 0 unspecified atom stereocenters. The van der Waals surface area contributed by atoms with Gasteiger partial charge in [0.25, 0.3) is 0 Å². The average Bonchev–Trinajstić information content (AvgIpc) is 3.11. The Bertz CT molecular complexity index is 504. The molecule has 1 saturated heterocycles. The third kappa shape index (κ3) is 3.72. The fraction of sp³-hybridized carbons (Fsp3) is 0.529. The molecule has 5 heteroatoms. The lowest BCUT2D eigenvalue weighted by Crippen LogP contribution is -2.44. The number of nitrogens with zero attached hydrogens (tertiary/aromatic N) is 2. The Labute approximate surface area is 131 Å². The third-order valence-electron chi connectivity index (χ3n) is 4.36. The van der Waals surface area contributed by atoms with Crippen molar-refractivity contribution in [1.29, 1.82) is 0 Å². The standard InChI is InChI=1S/C17H23N3O2/c21-17(14-5-1-2-6-14)19-13-16(15-7-3-4-8-18-15)20-9-11-22-12-10-20/h1-4,7-8,14,16H,5-6,9-13H2,(H,19,21)/t16-/m0/s1. The second kappa shape index (κ2) is 7.51. The Kier molecular flexibility index (Phi) is 5.19. The predicted octanol–water partition coefficient (Wildman–Crippen LogP) is 1.54. The summed E-state index contributed by atoms with van der Waals surface area (Å²) in [7, 11) is 0. The molecule has 1 aromatic heterocycles. The van der Waals surface area contributed by atoms with Gasteiger partial charge in [-0.15, -0.1) is 0 Å². The predicted molar refractivity (Wildman–Crippen MR) is 84.2 cm³/mol. The number of carbonyl (C=O) groups is 1. The van der Waals surface area contributed by atoms with E-state index in [9.17, 15) is 4.79 Å². The van der Waals surface area contributed by atoms with Gasteiger partial charge in [0.05, 0.1) is 24.9 Å². The molecular formula is C17H23N3O2. The Balaban J connectivity index is 1.64. The van der Waals surface area contributed by atoms with Crippen LogP contribution < -0.4 is 5.32 Å². The number of aromatic nitrogens is 1. The van der Waals surface area contributed by atoms with E-state index in [1.54, 1.807) is 0 Å². The molecule has 22 heavy (non-hydrogen) atoms. The van der Waals surface area contributed by atoms with Crippen LogP contribution in [0, 0.1) is 5.92 Å². The summed E-state index contributed by atoms with van der Waals surface area (Å²) in [4.78, 5) is 19.1. The number of hydrogen-bond acceptors (Lipinski definition) is 4. The molecular weight excluding hydrogens is 278 g/mol. The fourth-order valence-electron chi connectivity index (χ4n) is 3.06. The van der Waals surface area contributed by atoms with Crippen molar-refractivity contribution in [2.75, 3.05) is 32.8 Å². The molecule has 3 rings (SSSR count). The Hall–Kier alpha value is -1.72. The van der Waals surface area contributed by atoms with Crippen molar-refractivity contribution < 1.29 is 9.53 Å². The first-order valence-electron chi connectivity index (χ1n) is 8.00. The van der Waals surface area contributed by atoms with Gasteiger partial charge in [-0.3, -0.25) is 14.7 Å². The first kappa shape index (κ1) is 15.2. The smallest absolute Gasteiger partial charge is 0.223 e. The van der Waals surface area contributed by atoms with Crippen molar-refractivity contribution in [2.24, 2.45) is 5.92 Å². The van der Waals surface area contributed by atoms with Crippen molar-refractivity contribution in [3.63, 3.8) is 0 Å². The van der Waals surface area contributed by atoms with E-state index in [0.717, 1.165) is 44.8 Å². The van der Waals surface area contributed by atoms with Crippen molar-refractivity contribution in [2.45, 2.75) is 18.9 Å². The van der Waals surface area contributed by atoms with E-state index in [1.165, 1.54) is 0 Å². The Morgan fingerprint density at radius 3 is 2.77 bits per heavy atom. The number of nitrogens with one attached hydrogen (secondary N) is 1. The molecule has 1 fully saturated rings. The van der Waals surface area contributed by atoms with Gasteiger partial charge in [0.2, 0.25) is 5.91 Å². The lowest BCUT2D eigenvalue weighted by Gasteiger charge is -2.34. The molecule has 1 aliphatic heterocycles. The Morgan fingerprint density at radius 2 is 2.09 bits per heavy atom. The maximum atomic E-state index is 12.2. The van der Waals surface area contributed by atoms with Gasteiger partial charge in [-0.1, -0.05) is 18.2 Å². The molecule has 1 aromatic rings. The van der Waals surface area contributed by atoms with Crippen LogP contribution in [0.2, 0.25) is 0 Å². The molecule has 2 heterocycles. The number of carbonyl (C=O) groups excluding carboxylic acids is 1. The topological polar surface area (TPSA) is 54.5 Å². The summed E-state index contributed by atoms with van der Waals surface area (Å²) in [6, 6.07) is 6.06. The monoisotopic (exact) mass is 301 g/mol. The minimum Gasteiger partial charge on any atom is -0.379 e. The number of pyridine rings is 1. The van der Waals surface area contributed by atoms with Gasteiger partial charge in [0.15, 0.2) is 0 Å². The van der Waals surface area contributed by atoms with Crippen LogP contribution in [0.4, 0.5) is 0 Å². The molecule has 1 amide bonds. The largest absolute Gasteiger partial charge is 0.379 e. The second-order valence-electron chi connectivity index (χ2n) is 5.80. The SMILES string of the molecule is O=C(NC[C@@H](c1ccccn1)N1CCOCC1)C1CC=CC1. The zero-order chi connectivity index (χ0) is 15.2. The normalized spacial score (nSPS) is 20.9. The van der Waals surface area contributed by atoms with Crippen LogP contribution in [0.1, 0.15) is 24.6 Å². The summed E-state index contributed by atoms with van der Waals surface area (Å²) in [5, 5.41) is 3.12.